The summed E-state index contributed by atoms with van der Waals surface area (Å²) in [4.78, 5) is 36.7. The Morgan fingerprint density at radius 1 is 1.37 bits per heavy atom. The first-order valence-electron chi connectivity index (χ1n) is 8.03. The predicted molar refractivity (Wildman–Crippen MR) is 99.1 cm³/mol. The van der Waals surface area contributed by atoms with Gasteiger partial charge in [0.15, 0.2) is 5.37 Å². The number of aliphatic hydroxyl groups excluding tert-OH is 1. The van der Waals surface area contributed by atoms with Crippen molar-refractivity contribution in [3.8, 4) is 5.75 Å². The van der Waals surface area contributed by atoms with Gasteiger partial charge in [0.1, 0.15) is 12.4 Å². The average molecular weight is 394 g/mol. The maximum Gasteiger partial charge on any atom is 0.337 e. The number of aliphatic carboxylic acids is 1. The molecule has 3 rings (SSSR count). The third-order valence-electron chi connectivity index (χ3n) is 3.98. The molecule has 10 nitrogen and oxygen atoms in total. The fraction of sp³-hybridized carbons (Fsp3) is 0.312. The summed E-state index contributed by atoms with van der Waals surface area (Å²) in [5.74, 6) is -0.131. The number of nitrogens with one attached hydrogen (secondary N) is 1. The second kappa shape index (κ2) is 7.76. The van der Waals surface area contributed by atoms with E-state index in [0.717, 1.165) is 0 Å². The van der Waals surface area contributed by atoms with Crippen molar-refractivity contribution in [1.82, 2.24) is 9.47 Å². The van der Waals surface area contributed by atoms with E-state index in [1.807, 2.05) is 0 Å². The van der Waals surface area contributed by atoms with Crippen molar-refractivity contribution in [3.63, 3.8) is 0 Å². The van der Waals surface area contributed by atoms with E-state index in [9.17, 15) is 19.5 Å². The van der Waals surface area contributed by atoms with Crippen molar-refractivity contribution < 1.29 is 29.3 Å². The first-order chi connectivity index (χ1) is 12.9. The zero-order valence-electron chi connectivity index (χ0n) is 14.1. The Morgan fingerprint density at radius 2 is 2.15 bits per heavy atom. The van der Waals surface area contributed by atoms with Crippen LogP contribution in [0.25, 0.3) is 10.9 Å². The topological polar surface area (TPSA) is 147 Å². The largest absolute Gasteiger partial charge is 0.491 e. The van der Waals surface area contributed by atoms with Gasteiger partial charge in [0.25, 0.3) is 0 Å². The Hall–Kier alpha value is -2.92. The number of aromatic nitrogens is 1. The van der Waals surface area contributed by atoms with Gasteiger partial charge in [0.05, 0.1) is 17.8 Å². The summed E-state index contributed by atoms with van der Waals surface area (Å²) in [6, 6.07) is 3.50. The molecular weight excluding hydrogens is 376 g/mol. The average Bonchev–Trinajstić information content (AvgIpc) is 3.25. The number of carboxylic acid groups (broad SMARTS) is 1. The number of fused-ring (bicyclic) bond motifs is 1. The number of nitrogens with two attached hydrogens (primary N) is 1. The van der Waals surface area contributed by atoms with Crippen molar-refractivity contribution in [1.29, 1.82) is 0 Å². The number of nitrogens with zero attached hydrogens (tertiary/aromatic N) is 2. The minimum absolute atomic E-state index is 0.0923. The molecule has 0 saturated carbocycles. The van der Waals surface area contributed by atoms with Crippen LogP contribution in [0.15, 0.2) is 24.4 Å². The maximum absolute atomic E-state index is 12.6. The molecule has 2 aromatic rings. The lowest BCUT2D eigenvalue weighted by Gasteiger charge is -2.20. The number of ether oxygens (including phenoxy) is 1. The fourth-order valence-electron chi connectivity index (χ4n) is 2.81. The minimum atomic E-state index is -1.09. The number of carbonyl (C=O) groups is 3. The number of primary amides is 1. The maximum atomic E-state index is 12.6. The molecule has 0 radical (unpaired) electrons. The SMILES string of the molecule is NC(=O)n1cc(NC(=O)N2CCS[C@H]2C(=O)O)c2cc(OCCO)ccc21. The van der Waals surface area contributed by atoms with Crippen LogP contribution in [-0.4, -0.2) is 68.6 Å². The fourth-order valence-corrected chi connectivity index (χ4v) is 3.86. The van der Waals surface area contributed by atoms with Gasteiger partial charge in [-0.2, -0.15) is 0 Å². The summed E-state index contributed by atoms with van der Waals surface area (Å²) in [6.07, 6.45) is 1.37. The van der Waals surface area contributed by atoms with E-state index in [1.54, 1.807) is 18.2 Å². The number of carbonyl (C=O) groups excluding carboxylic acids is 2. The molecule has 1 aromatic carbocycles. The third kappa shape index (κ3) is 3.78. The number of benzene rings is 1. The molecule has 27 heavy (non-hydrogen) atoms. The quantitative estimate of drug-likeness (QED) is 0.590. The van der Waals surface area contributed by atoms with Crippen LogP contribution in [0.1, 0.15) is 0 Å². The van der Waals surface area contributed by atoms with Crippen LogP contribution in [0, 0.1) is 0 Å². The van der Waals surface area contributed by atoms with E-state index < -0.39 is 23.4 Å². The summed E-state index contributed by atoms with van der Waals surface area (Å²) in [7, 11) is 0. The number of carboxylic acids is 1. The summed E-state index contributed by atoms with van der Waals surface area (Å²) in [5, 5.41) is 20.3. The summed E-state index contributed by atoms with van der Waals surface area (Å²) < 4.78 is 6.54. The van der Waals surface area contributed by atoms with Crippen molar-refractivity contribution in [2.75, 3.05) is 30.8 Å². The molecule has 1 fully saturated rings. The molecule has 1 atom stereocenters. The van der Waals surface area contributed by atoms with Gasteiger partial charge in [0, 0.05) is 23.9 Å². The van der Waals surface area contributed by atoms with E-state index in [1.165, 1.54) is 27.4 Å². The first kappa shape index (κ1) is 18.9. The Labute approximate surface area is 157 Å². The van der Waals surface area contributed by atoms with Gasteiger partial charge in [-0.05, 0) is 18.2 Å². The highest BCUT2D eigenvalue weighted by Gasteiger charge is 2.35. The molecule has 2 heterocycles. The van der Waals surface area contributed by atoms with Crippen LogP contribution in [0.4, 0.5) is 15.3 Å². The van der Waals surface area contributed by atoms with E-state index >= 15 is 0 Å². The number of rotatable bonds is 5. The number of hydrogen-bond donors (Lipinski definition) is 4. The monoisotopic (exact) mass is 394 g/mol. The first-order valence-corrected chi connectivity index (χ1v) is 9.08. The van der Waals surface area contributed by atoms with E-state index in [2.05, 4.69) is 5.32 Å². The second-order valence-corrected chi connectivity index (χ2v) is 6.88. The molecule has 0 aliphatic carbocycles. The van der Waals surface area contributed by atoms with Crippen LogP contribution in [-0.2, 0) is 4.79 Å². The Bertz CT molecular complexity index is 898. The summed E-state index contributed by atoms with van der Waals surface area (Å²) in [5.41, 5.74) is 6.14. The van der Waals surface area contributed by atoms with Crippen molar-refractivity contribution in [2.24, 2.45) is 5.73 Å². The highest BCUT2D eigenvalue weighted by molar-refractivity contribution is 8.00. The third-order valence-corrected chi connectivity index (χ3v) is 5.17. The van der Waals surface area contributed by atoms with Gasteiger partial charge in [0.2, 0.25) is 0 Å². The van der Waals surface area contributed by atoms with Gasteiger partial charge in [-0.1, -0.05) is 0 Å². The van der Waals surface area contributed by atoms with Gasteiger partial charge in [-0.25, -0.2) is 14.4 Å². The number of hydrogen-bond acceptors (Lipinski definition) is 6. The van der Waals surface area contributed by atoms with E-state index in [4.69, 9.17) is 15.6 Å². The molecule has 1 aliphatic heterocycles. The molecule has 0 spiro atoms. The van der Waals surface area contributed by atoms with Gasteiger partial charge in [-0.3, -0.25) is 4.57 Å². The van der Waals surface area contributed by atoms with Crippen molar-refractivity contribution in [2.45, 2.75) is 5.37 Å². The molecule has 1 saturated heterocycles. The molecule has 1 aliphatic rings. The standard InChI is InChI=1S/C16H18N4O6S/c17-15(24)20-8-11(10-7-9(26-5-4-21)1-2-12(10)20)18-16(25)19-3-6-27-13(19)14(22)23/h1-2,7-8,13,21H,3-6H2,(H2,17,24)(H,18,25)(H,22,23)/t13-/m0/s1. The van der Waals surface area contributed by atoms with Crippen LogP contribution < -0.4 is 15.8 Å². The van der Waals surface area contributed by atoms with Crippen LogP contribution in [0.5, 0.6) is 5.75 Å². The summed E-state index contributed by atoms with van der Waals surface area (Å²) in [6.45, 7) is 0.231. The number of amides is 3. The van der Waals surface area contributed by atoms with Gasteiger partial charge >= 0.3 is 18.0 Å². The Balaban J connectivity index is 1.93. The highest BCUT2D eigenvalue weighted by Crippen LogP contribution is 2.31. The minimum Gasteiger partial charge on any atom is -0.491 e. The van der Waals surface area contributed by atoms with E-state index in [0.29, 0.717) is 34.6 Å². The van der Waals surface area contributed by atoms with Crippen molar-refractivity contribution in [3.05, 3.63) is 24.4 Å². The van der Waals surface area contributed by atoms with Crippen molar-refractivity contribution >= 4 is 46.4 Å². The Kier molecular flexibility index (Phi) is 5.42. The lowest BCUT2D eigenvalue weighted by molar-refractivity contribution is -0.138. The van der Waals surface area contributed by atoms with Crippen LogP contribution in [0.2, 0.25) is 0 Å². The van der Waals surface area contributed by atoms with E-state index in [-0.39, 0.29) is 13.2 Å². The lowest BCUT2D eigenvalue weighted by atomic mass is 10.2. The smallest absolute Gasteiger partial charge is 0.337 e. The number of anilines is 1. The molecule has 3 amide bonds. The molecule has 11 heteroatoms. The zero-order chi connectivity index (χ0) is 19.6. The lowest BCUT2D eigenvalue weighted by Crippen LogP contribution is -2.41. The zero-order valence-corrected chi connectivity index (χ0v) is 14.9. The number of thioether (sulfide) groups is 1. The second-order valence-electron chi connectivity index (χ2n) is 5.69. The molecule has 0 bridgehead atoms. The van der Waals surface area contributed by atoms with Crippen LogP contribution >= 0.6 is 11.8 Å². The van der Waals surface area contributed by atoms with Gasteiger partial charge in [-0.15, -0.1) is 11.8 Å². The normalized spacial score (nSPS) is 16.5. The molecule has 0 unspecified atom stereocenters. The number of urea groups is 1. The number of aliphatic hydroxyl groups is 1. The molecule has 5 N–H and O–H groups in total. The van der Waals surface area contributed by atoms with Crippen LogP contribution in [0.3, 0.4) is 0 Å². The molecule has 144 valence electrons. The Morgan fingerprint density at radius 3 is 2.81 bits per heavy atom. The molecular formula is C16H18N4O6S. The highest BCUT2D eigenvalue weighted by atomic mass is 32.2. The van der Waals surface area contributed by atoms with Gasteiger partial charge < -0.3 is 30.9 Å². The summed E-state index contributed by atoms with van der Waals surface area (Å²) >= 11 is 1.17. The molecule has 1 aromatic heterocycles. The predicted octanol–water partition coefficient (Wildman–Crippen LogP) is 0.931.